The summed E-state index contributed by atoms with van der Waals surface area (Å²) in [6.45, 7) is 4.26. The highest BCUT2D eigenvalue weighted by Crippen LogP contribution is 2.30. The number of amides is 1. The second-order valence-corrected chi connectivity index (χ2v) is 9.32. The predicted molar refractivity (Wildman–Crippen MR) is 108 cm³/mol. The van der Waals surface area contributed by atoms with Gasteiger partial charge in [0, 0.05) is 26.2 Å². The van der Waals surface area contributed by atoms with Crippen molar-refractivity contribution < 1.29 is 26.9 Å². The summed E-state index contributed by atoms with van der Waals surface area (Å²) in [4.78, 5) is 14.7. The Hall–Kier alpha value is -2.43. The first kappa shape index (κ1) is 20.8. The number of morpholine rings is 1. The highest BCUT2D eigenvalue weighted by molar-refractivity contribution is 7.89. The Balaban J connectivity index is 1.54. The Morgan fingerprint density at radius 3 is 2.77 bits per heavy atom. The van der Waals surface area contributed by atoms with Gasteiger partial charge >= 0.3 is 0 Å². The lowest BCUT2D eigenvalue weighted by Crippen LogP contribution is -2.49. The van der Waals surface area contributed by atoms with Crippen molar-refractivity contribution in [3.63, 3.8) is 0 Å². The van der Waals surface area contributed by atoms with Crippen LogP contribution in [0.1, 0.15) is 30.1 Å². The first-order valence-electron chi connectivity index (χ1n) is 10.0. The summed E-state index contributed by atoms with van der Waals surface area (Å²) in [5.74, 6) is 0.360. The van der Waals surface area contributed by atoms with E-state index in [0.717, 1.165) is 0 Å². The number of hydrogen-bond acceptors (Lipinski definition) is 7. The number of hydrogen-bond donors (Lipinski definition) is 0. The average Bonchev–Trinajstić information content (AvgIpc) is 3.42. The molecule has 9 nitrogen and oxygen atoms in total. The van der Waals surface area contributed by atoms with E-state index in [4.69, 9.17) is 13.7 Å². The van der Waals surface area contributed by atoms with Gasteiger partial charge in [-0.25, -0.2) is 8.42 Å². The fourth-order valence-electron chi connectivity index (χ4n) is 3.88. The molecule has 1 atom stereocenters. The molecule has 0 saturated carbocycles. The fraction of sp³-hybridized carbons (Fsp3) is 0.500. The molecule has 30 heavy (non-hydrogen) atoms. The minimum Gasteiger partial charge on any atom is -0.465 e. The van der Waals surface area contributed by atoms with E-state index >= 15 is 0 Å². The molecule has 2 aliphatic rings. The standard InChI is InChI=1S/C20H25N3O6S/c1-15-19(18(29-21-15)7-6-17-5-3-11-28-17)30(25,26)23-8-2-4-16(14-23)20(24)22-9-12-27-13-10-22/h3,5-7,11,16H,2,4,8-10,12-14H2,1H3/b7-6+/t16-/m0/s1. The lowest BCUT2D eigenvalue weighted by atomic mass is 9.98. The van der Waals surface area contributed by atoms with E-state index in [1.165, 1.54) is 16.6 Å². The van der Waals surface area contributed by atoms with Crippen molar-refractivity contribution >= 4 is 28.1 Å². The zero-order chi connectivity index (χ0) is 21.1. The number of aromatic nitrogens is 1. The molecule has 2 fully saturated rings. The van der Waals surface area contributed by atoms with Gasteiger partial charge in [0.05, 0.1) is 25.4 Å². The minimum atomic E-state index is -3.87. The Morgan fingerprint density at radius 1 is 1.23 bits per heavy atom. The van der Waals surface area contributed by atoms with Crippen LogP contribution in [-0.4, -0.2) is 68.1 Å². The summed E-state index contributed by atoms with van der Waals surface area (Å²) in [6, 6.07) is 3.49. The molecular formula is C20H25N3O6S. The van der Waals surface area contributed by atoms with Gasteiger partial charge in [-0.3, -0.25) is 4.79 Å². The van der Waals surface area contributed by atoms with Crippen molar-refractivity contribution in [2.45, 2.75) is 24.7 Å². The third-order valence-corrected chi connectivity index (χ3v) is 7.45. The van der Waals surface area contributed by atoms with Crippen LogP contribution in [0.15, 0.2) is 32.2 Å². The van der Waals surface area contributed by atoms with Crippen molar-refractivity contribution in [2.24, 2.45) is 5.92 Å². The maximum atomic E-state index is 13.4. The highest BCUT2D eigenvalue weighted by atomic mass is 32.2. The van der Waals surface area contributed by atoms with Gasteiger partial charge < -0.3 is 18.6 Å². The normalized spacial score (nSPS) is 21.4. The molecule has 0 radical (unpaired) electrons. The molecule has 1 amide bonds. The van der Waals surface area contributed by atoms with E-state index < -0.39 is 10.0 Å². The second kappa shape index (κ2) is 8.75. The number of aryl methyl sites for hydroxylation is 1. The molecule has 2 aromatic rings. The third kappa shape index (κ3) is 4.21. The minimum absolute atomic E-state index is 0.00169. The molecule has 162 valence electrons. The van der Waals surface area contributed by atoms with Crippen molar-refractivity contribution in [2.75, 3.05) is 39.4 Å². The van der Waals surface area contributed by atoms with Crippen molar-refractivity contribution in [1.29, 1.82) is 0 Å². The van der Waals surface area contributed by atoms with E-state index in [1.807, 2.05) is 0 Å². The smallest absolute Gasteiger partial charge is 0.248 e. The maximum Gasteiger partial charge on any atom is 0.248 e. The first-order chi connectivity index (χ1) is 14.5. The molecule has 4 rings (SSSR count). The van der Waals surface area contributed by atoms with Crippen LogP contribution in [0, 0.1) is 12.8 Å². The van der Waals surface area contributed by atoms with Crippen molar-refractivity contribution in [3.05, 3.63) is 35.6 Å². The molecule has 0 N–H and O–H groups in total. The molecule has 0 bridgehead atoms. The molecule has 0 aliphatic carbocycles. The van der Waals surface area contributed by atoms with Crippen LogP contribution in [0.3, 0.4) is 0 Å². The van der Waals surface area contributed by atoms with Gasteiger partial charge in [-0.15, -0.1) is 0 Å². The number of carbonyl (C=O) groups excluding carboxylic acids is 1. The Kier molecular flexibility index (Phi) is 6.07. The topological polar surface area (TPSA) is 106 Å². The van der Waals surface area contributed by atoms with E-state index in [0.29, 0.717) is 51.4 Å². The van der Waals surface area contributed by atoms with Gasteiger partial charge in [0.1, 0.15) is 11.5 Å². The molecule has 0 aromatic carbocycles. The number of nitrogens with zero attached hydrogens (tertiary/aromatic N) is 3. The third-order valence-electron chi connectivity index (χ3n) is 5.43. The van der Waals surface area contributed by atoms with Crippen LogP contribution in [0.2, 0.25) is 0 Å². The molecule has 0 unspecified atom stereocenters. The number of ether oxygens (including phenoxy) is 1. The van der Waals surface area contributed by atoms with Crippen molar-refractivity contribution in [1.82, 2.24) is 14.4 Å². The first-order valence-corrected chi connectivity index (χ1v) is 11.5. The zero-order valence-corrected chi connectivity index (χ0v) is 17.6. The van der Waals surface area contributed by atoms with Gasteiger partial charge in [-0.1, -0.05) is 5.16 Å². The van der Waals surface area contributed by atoms with Crippen LogP contribution < -0.4 is 0 Å². The van der Waals surface area contributed by atoms with Crippen LogP contribution in [0.4, 0.5) is 0 Å². The number of carbonyl (C=O) groups is 1. The Bertz CT molecular complexity index is 1010. The molecule has 0 spiro atoms. The summed E-state index contributed by atoms with van der Waals surface area (Å²) in [7, 11) is -3.87. The number of rotatable bonds is 5. The summed E-state index contributed by atoms with van der Waals surface area (Å²) < 4.78 is 44.0. The Labute approximate surface area is 175 Å². The lowest BCUT2D eigenvalue weighted by molar-refractivity contribution is -0.140. The van der Waals surface area contributed by atoms with E-state index in [2.05, 4.69) is 5.16 Å². The number of piperidine rings is 1. The van der Waals surface area contributed by atoms with Crippen molar-refractivity contribution in [3.8, 4) is 0 Å². The van der Waals surface area contributed by atoms with E-state index in [1.54, 1.807) is 30.0 Å². The Morgan fingerprint density at radius 2 is 2.03 bits per heavy atom. The molecule has 2 saturated heterocycles. The van der Waals surface area contributed by atoms with Gasteiger partial charge in [0.15, 0.2) is 10.7 Å². The summed E-state index contributed by atoms with van der Waals surface area (Å²) >= 11 is 0. The monoisotopic (exact) mass is 435 g/mol. The number of sulfonamides is 1. The van der Waals surface area contributed by atoms with Crippen LogP contribution >= 0.6 is 0 Å². The molecule has 4 heterocycles. The quantitative estimate of drug-likeness (QED) is 0.707. The van der Waals surface area contributed by atoms with Gasteiger partial charge in [0.25, 0.3) is 0 Å². The van der Waals surface area contributed by atoms with Crippen LogP contribution in [0.5, 0.6) is 0 Å². The zero-order valence-electron chi connectivity index (χ0n) is 16.8. The maximum absolute atomic E-state index is 13.4. The van der Waals surface area contributed by atoms with E-state index in [-0.39, 0.29) is 34.7 Å². The predicted octanol–water partition coefficient (Wildman–Crippen LogP) is 2.01. The molecule has 2 aliphatic heterocycles. The van der Waals surface area contributed by atoms with Gasteiger partial charge in [0.2, 0.25) is 15.9 Å². The molecule has 2 aromatic heterocycles. The fourth-order valence-corrected chi connectivity index (χ4v) is 5.65. The summed E-state index contributed by atoms with van der Waals surface area (Å²) in [6.07, 6.45) is 5.99. The summed E-state index contributed by atoms with van der Waals surface area (Å²) in [5, 5.41) is 3.85. The lowest BCUT2D eigenvalue weighted by Gasteiger charge is -2.35. The highest BCUT2D eigenvalue weighted by Gasteiger charge is 2.38. The number of furan rings is 1. The summed E-state index contributed by atoms with van der Waals surface area (Å²) in [5.41, 5.74) is 0.288. The second-order valence-electron chi connectivity index (χ2n) is 7.45. The average molecular weight is 436 g/mol. The van der Waals surface area contributed by atoms with Crippen LogP contribution in [-0.2, 0) is 19.6 Å². The van der Waals surface area contributed by atoms with Gasteiger partial charge in [-0.2, -0.15) is 4.31 Å². The van der Waals surface area contributed by atoms with Gasteiger partial charge in [-0.05, 0) is 44.1 Å². The largest absolute Gasteiger partial charge is 0.465 e. The van der Waals surface area contributed by atoms with Crippen LogP contribution in [0.25, 0.3) is 12.2 Å². The molecule has 10 heteroatoms. The van der Waals surface area contributed by atoms with E-state index in [9.17, 15) is 13.2 Å². The molecular weight excluding hydrogens is 410 g/mol. The SMILES string of the molecule is Cc1noc(/C=C/c2ccco2)c1S(=O)(=O)N1CCC[C@H](C(=O)N2CCOCC2)C1.